The molecule has 2 heterocycles. The van der Waals surface area contributed by atoms with Gasteiger partial charge in [-0.1, -0.05) is 6.08 Å². The molecule has 1 aromatic heterocycles. The number of ether oxygens (including phenoxy) is 1. The smallest absolute Gasteiger partial charge is 0.265 e. The number of hydrogen-bond donors (Lipinski definition) is 1. The highest BCUT2D eigenvalue weighted by Crippen LogP contribution is 2.36. The summed E-state index contributed by atoms with van der Waals surface area (Å²) >= 11 is 1.39. The van der Waals surface area contributed by atoms with Gasteiger partial charge in [0.15, 0.2) is 11.7 Å². The van der Waals surface area contributed by atoms with Gasteiger partial charge in [-0.05, 0) is 18.2 Å². The lowest BCUT2D eigenvalue weighted by molar-refractivity contribution is -0.121. The van der Waals surface area contributed by atoms with Crippen molar-refractivity contribution in [3.8, 4) is 17.0 Å². The summed E-state index contributed by atoms with van der Waals surface area (Å²) in [5.41, 5.74) is 8.10. The van der Waals surface area contributed by atoms with E-state index < -0.39 is 0 Å². The molecule has 3 rings (SSSR count). The maximum Gasteiger partial charge on any atom is 0.265 e. The van der Waals surface area contributed by atoms with Crippen LogP contribution in [0.15, 0.2) is 36.2 Å². The predicted octanol–water partition coefficient (Wildman–Crippen LogP) is 2.30. The Labute approximate surface area is 120 Å². The van der Waals surface area contributed by atoms with Gasteiger partial charge in [-0.15, -0.1) is 17.9 Å². The Morgan fingerprint density at radius 3 is 3.10 bits per heavy atom. The number of anilines is 2. The van der Waals surface area contributed by atoms with Crippen molar-refractivity contribution in [1.29, 1.82) is 0 Å². The molecule has 6 heteroatoms. The number of aromatic nitrogens is 1. The number of thiazole rings is 1. The molecule has 102 valence electrons. The first-order chi connectivity index (χ1) is 9.69. The van der Waals surface area contributed by atoms with Gasteiger partial charge in [0.1, 0.15) is 5.75 Å². The zero-order valence-corrected chi connectivity index (χ0v) is 11.5. The standard InChI is InChI=1S/C14H13N3O2S/c1-2-5-17-11-6-9(10-8-20-14(15)16-10)3-4-12(11)19-7-13(17)18/h2-4,6,8H,1,5,7H2,(H2,15,16). The monoisotopic (exact) mass is 287 g/mol. The fraction of sp³-hybridized carbons (Fsp3) is 0.143. The number of nitrogen functional groups attached to an aromatic ring is 1. The average Bonchev–Trinajstić information content (AvgIpc) is 2.88. The van der Waals surface area contributed by atoms with Crippen LogP contribution in [0.3, 0.4) is 0 Å². The van der Waals surface area contributed by atoms with Crippen molar-refractivity contribution in [2.45, 2.75) is 0 Å². The number of amides is 1. The number of carbonyl (C=O) groups excluding carboxylic acids is 1. The third-order valence-electron chi connectivity index (χ3n) is 3.03. The highest BCUT2D eigenvalue weighted by Gasteiger charge is 2.25. The highest BCUT2D eigenvalue weighted by molar-refractivity contribution is 7.13. The van der Waals surface area contributed by atoms with Gasteiger partial charge >= 0.3 is 0 Å². The van der Waals surface area contributed by atoms with Crippen molar-refractivity contribution in [3.05, 3.63) is 36.2 Å². The van der Waals surface area contributed by atoms with Crippen LogP contribution in [0.4, 0.5) is 10.8 Å². The van der Waals surface area contributed by atoms with E-state index in [4.69, 9.17) is 10.5 Å². The third kappa shape index (κ3) is 2.14. The maximum absolute atomic E-state index is 11.9. The molecular weight excluding hydrogens is 274 g/mol. The minimum absolute atomic E-state index is 0.0594. The molecule has 0 bridgehead atoms. The largest absolute Gasteiger partial charge is 0.482 e. The van der Waals surface area contributed by atoms with E-state index in [0.717, 1.165) is 16.9 Å². The van der Waals surface area contributed by atoms with Crippen LogP contribution in [0.2, 0.25) is 0 Å². The number of rotatable bonds is 3. The number of nitrogens with two attached hydrogens (primary N) is 1. The van der Waals surface area contributed by atoms with Crippen molar-refractivity contribution >= 4 is 28.1 Å². The normalized spacial score (nSPS) is 13.8. The summed E-state index contributed by atoms with van der Waals surface area (Å²) in [4.78, 5) is 17.8. The Bertz CT molecular complexity index is 681. The van der Waals surface area contributed by atoms with E-state index in [1.54, 1.807) is 11.0 Å². The number of carbonyl (C=O) groups is 1. The van der Waals surface area contributed by atoms with E-state index >= 15 is 0 Å². The molecule has 2 aromatic rings. The van der Waals surface area contributed by atoms with Crippen molar-refractivity contribution in [2.24, 2.45) is 0 Å². The lowest BCUT2D eigenvalue weighted by atomic mass is 10.1. The van der Waals surface area contributed by atoms with Crippen LogP contribution in [-0.2, 0) is 4.79 Å². The van der Waals surface area contributed by atoms with Crippen molar-refractivity contribution in [1.82, 2.24) is 4.98 Å². The van der Waals surface area contributed by atoms with Crippen molar-refractivity contribution in [3.63, 3.8) is 0 Å². The molecule has 2 N–H and O–H groups in total. The second kappa shape index (κ2) is 4.97. The molecule has 0 aliphatic carbocycles. The van der Waals surface area contributed by atoms with E-state index in [1.807, 2.05) is 23.6 Å². The molecule has 5 nitrogen and oxygen atoms in total. The predicted molar refractivity (Wildman–Crippen MR) is 80.0 cm³/mol. The molecule has 1 aliphatic rings. The van der Waals surface area contributed by atoms with Gasteiger partial charge in [0.25, 0.3) is 5.91 Å². The number of fused-ring (bicyclic) bond motifs is 1. The lowest BCUT2D eigenvalue weighted by Gasteiger charge is -2.28. The Hall–Kier alpha value is -2.34. The molecule has 0 radical (unpaired) electrons. The SMILES string of the molecule is C=CCN1C(=O)COc2ccc(-c3csc(N)n3)cc21. The van der Waals surface area contributed by atoms with Gasteiger partial charge in [-0.2, -0.15) is 0 Å². The van der Waals surface area contributed by atoms with Gasteiger partial charge in [0.05, 0.1) is 11.4 Å². The summed E-state index contributed by atoms with van der Waals surface area (Å²) in [5, 5.41) is 2.41. The van der Waals surface area contributed by atoms with Crippen LogP contribution in [0, 0.1) is 0 Å². The van der Waals surface area contributed by atoms with E-state index in [9.17, 15) is 4.79 Å². The summed E-state index contributed by atoms with van der Waals surface area (Å²) in [7, 11) is 0. The maximum atomic E-state index is 11.9. The number of nitrogens with zero attached hydrogens (tertiary/aromatic N) is 2. The van der Waals surface area contributed by atoms with Gasteiger partial charge in [-0.3, -0.25) is 4.79 Å². The van der Waals surface area contributed by atoms with E-state index in [0.29, 0.717) is 17.4 Å². The minimum Gasteiger partial charge on any atom is -0.482 e. The molecule has 0 saturated heterocycles. The van der Waals surface area contributed by atoms with E-state index in [1.165, 1.54) is 11.3 Å². The van der Waals surface area contributed by atoms with Crippen LogP contribution < -0.4 is 15.4 Å². The Kier molecular flexibility index (Phi) is 3.15. The minimum atomic E-state index is -0.0765. The molecule has 1 aromatic carbocycles. The summed E-state index contributed by atoms with van der Waals surface area (Å²) < 4.78 is 5.44. The highest BCUT2D eigenvalue weighted by atomic mass is 32.1. The topological polar surface area (TPSA) is 68.5 Å². The summed E-state index contributed by atoms with van der Waals surface area (Å²) in [6, 6.07) is 5.66. The van der Waals surface area contributed by atoms with Crippen LogP contribution in [-0.4, -0.2) is 24.0 Å². The summed E-state index contributed by atoms with van der Waals surface area (Å²) in [6.45, 7) is 4.20. The van der Waals surface area contributed by atoms with Crippen molar-refractivity contribution < 1.29 is 9.53 Å². The molecule has 0 atom stereocenters. The van der Waals surface area contributed by atoms with Crippen LogP contribution in [0.25, 0.3) is 11.3 Å². The van der Waals surface area contributed by atoms with Crippen molar-refractivity contribution in [2.75, 3.05) is 23.8 Å². The first kappa shape index (κ1) is 12.7. The fourth-order valence-corrected chi connectivity index (χ4v) is 2.68. The average molecular weight is 287 g/mol. The molecule has 20 heavy (non-hydrogen) atoms. The lowest BCUT2D eigenvalue weighted by Crippen LogP contribution is -2.38. The molecule has 1 amide bonds. The molecule has 0 unspecified atom stereocenters. The first-order valence-corrected chi connectivity index (χ1v) is 6.96. The Balaban J connectivity index is 2.06. The number of benzene rings is 1. The second-order valence-electron chi connectivity index (χ2n) is 4.34. The Morgan fingerprint density at radius 2 is 2.40 bits per heavy atom. The first-order valence-electron chi connectivity index (χ1n) is 6.08. The Morgan fingerprint density at radius 1 is 1.55 bits per heavy atom. The summed E-state index contributed by atoms with van der Waals surface area (Å²) in [5.74, 6) is 0.616. The number of hydrogen-bond acceptors (Lipinski definition) is 5. The third-order valence-corrected chi connectivity index (χ3v) is 3.71. The zero-order valence-electron chi connectivity index (χ0n) is 10.7. The summed E-state index contributed by atoms with van der Waals surface area (Å²) in [6.07, 6.45) is 1.69. The molecule has 0 spiro atoms. The van der Waals surface area contributed by atoms with Gasteiger partial charge < -0.3 is 15.4 Å². The van der Waals surface area contributed by atoms with Gasteiger partial charge in [0.2, 0.25) is 0 Å². The molecule has 1 aliphatic heterocycles. The van der Waals surface area contributed by atoms with E-state index in [-0.39, 0.29) is 12.5 Å². The molecule has 0 saturated carbocycles. The van der Waals surface area contributed by atoms with Gasteiger partial charge in [-0.25, -0.2) is 4.98 Å². The van der Waals surface area contributed by atoms with Crippen LogP contribution in [0.1, 0.15) is 0 Å². The fourth-order valence-electron chi connectivity index (χ4n) is 2.11. The molecule has 0 fully saturated rings. The molecular formula is C14H13N3O2S. The quantitative estimate of drug-likeness (QED) is 0.880. The second-order valence-corrected chi connectivity index (χ2v) is 5.22. The van der Waals surface area contributed by atoms with E-state index in [2.05, 4.69) is 11.6 Å². The van der Waals surface area contributed by atoms with Gasteiger partial charge in [0, 0.05) is 17.5 Å². The zero-order chi connectivity index (χ0) is 14.1. The van der Waals surface area contributed by atoms with Crippen LogP contribution >= 0.6 is 11.3 Å². The van der Waals surface area contributed by atoms with Crippen LogP contribution in [0.5, 0.6) is 5.75 Å².